The zero-order valence-corrected chi connectivity index (χ0v) is 28.1. The van der Waals surface area contributed by atoms with Gasteiger partial charge in [-0.05, 0) is 41.8 Å². The molecule has 1 N–H and O–H groups in total. The summed E-state index contributed by atoms with van der Waals surface area (Å²) in [7, 11) is -2.86. The highest BCUT2D eigenvalue weighted by atomic mass is 32.2. The molecule has 2 saturated heterocycles. The average molecular weight is 647 g/mol. The van der Waals surface area contributed by atoms with E-state index < -0.39 is 15.8 Å². The number of anilines is 1. The number of carbonyl (C=O) groups is 2. The predicted octanol–water partition coefficient (Wildman–Crippen LogP) is 4.14. The van der Waals surface area contributed by atoms with Gasteiger partial charge in [-0.2, -0.15) is 0 Å². The van der Waals surface area contributed by atoms with Crippen molar-refractivity contribution in [2.45, 2.75) is 27.2 Å². The second-order valence-corrected chi connectivity index (χ2v) is 16.3. The quantitative estimate of drug-likeness (QED) is 0.449. The van der Waals surface area contributed by atoms with Crippen molar-refractivity contribution < 1.29 is 23.1 Å². The number of allylic oxidation sites excluding steroid dienone is 2. The maximum atomic E-state index is 14.1. The number of benzene rings is 2. The fraction of sp³-hybridized carbons (Fsp3) is 0.500. The highest BCUT2D eigenvalue weighted by Crippen LogP contribution is 2.55. The Balaban J connectivity index is 1.11. The summed E-state index contributed by atoms with van der Waals surface area (Å²) in [6.07, 6.45) is 5.33. The minimum absolute atomic E-state index is 0.0615. The molecule has 2 aromatic rings. The van der Waals surface area contributed by atoms with Gasteiger partial charge in [0, 0.05) is 82.0 Å². The number of carbonyl (C=O) groups excluding carboxylic acids is 1. The van der Waals surface area contributed by atoms with E-state index in [0.717, 1.165) is 62.5 Å². The number of para-hydroxylation sites is 1. The number of amides is 1. The van der Waals surface area contributed by atoms with Crippen LogP contribution in [0.2, 0.25) is 0 Å². The number of hydrogen-bond acceptors (Lipinski definition) is 7. The van der Waals surface area contributed by atoms with Crippen molar-refractivity contribution in [1.82, 2.24) is 14.7 Å². The number of aromatic carboxylic acids is 1. The molecule has 46 heavy (non-hydrogen) atoms. The zero-order chi connectivity index (χ0) is 32.7. The second kappa shape index (κ2) is 12.6. The van der Waals surface area contributed by atoms with Crippen molar-refractivity contribution in [3.63, 3.8) is 0 Å². The standard InChI is InChI=1S/C36H46N4O5S/c1-35(2)30(27-8-10-28(11-9-27)34(42)43)12-14-36(3)26-40(15-13-32(35)36)33(41)29-6-4-5-7-31(29)39-20-18-37(19-21-39)16-17-38-22-24-46(44,45)25-23-38/h4-13H,14-26H2,1-3H3,(H,42,43)/t36-/m1/s1. The van der Waals surface area contributed by atoms with Crippen molar-refractivity contribution in [2.24, 2.45) is 10.8 Å². The third-order valence-corrected chi connectivity index (χ3v) is 12.2. The van der Waals surface area contributed by atoms with Crippen LogP contribution in [0.25, 0.3) is 5.57 Å². The highest BCUT2D eigenvalue weighted by molar-refractivity contribution is 7.91. The first kappa shape index (κ1) is 32.5. The second-order valence-electron chi connectivity index (χ2n) is 14.0. The minimum atomic E-state index is -2.86. The van der Waals surface area contributed by atoms with Crippen LogP contribution in [0.15, 0.2) is 66.3 Å². The van der Waals surface area contributed by atoms with Crippen LogP contribution in [0.1, 0.15) is 53.5 Å². The van der Waals surface area contributed by atoms with Gasteiger partial charge in [0.2, 0.25) is 0 Å². The van der Waals surface area contributed by atoms with Crippen LogP contribution < -0.4 is 4.90 Å². The first-order valence-electron chi connectivity index (χ1n) is 16.4. The van der Waals surface area contributed by atoms with Crippen LogP contribution in [-0.2, 0) is 9.84 Å². The van der Waals surface area contributed by atoms with Crippen molar-refractivity contribution >= 4 is 33.0 Å². The number of piperazine rings is 1. The molecule has 0 aromatic heterocycles. The van der Waals surface area contributed by atoms with Crippen molar-refractivity contribution in [1.29, 1.82) is 0 Å². The summed E-state index contributed by atoms with van der Waals surface area (Å²) in [6, 6.07) is 15.1. The summed E-state index contributed by atoms with van der Waals surface area (Å²) in [4.78, 5) is 34.5. The Labute approximate surface area is 273 Å². The minimum Gasteiger partial charge on any atom is -0.478 e. The third-order valence-electron chi connectivity index (χ3n) is 10.6. The Bertz CT molecular complexity index is 1640. The molecule has 10 heteroatoms. The molecule has 1 amide bonds. The molecular formula is C36H46N4O5S. The zero-order valence-electron chi connectivity index (χ0n) is 27.2. The van der Waals surface area contributed by atoms with Crippen LogP contribution in [0.5, 0.6) is 0 Å². The molecule has 6 rings (SSSR count). The number of carboxylic acids is 1. The van der Waals surface area contributed by atoms with Crippen LogP contribution in [0, 0.1) is 10.8 Å². The van der Waals surface area contributed by atoms with Crippen molar-refractivity contribution in [3.8, 4) is 0 Å². The van der Waals surface area contributed by atoms with Gasteiger partial charge in [-0.3, -0.25) is 9.69 Å². The van der Waals surface area contributed by atoms with E-state index in [9.17, 15) is 23.1 Å². The fourth-order valence-electron chi connectivity index (χ4n) is 7.93. The lowest BCUT2D eigenvalue weighted by atomic mass is 9.58. The van der Waals surface area contributed by atoms with Crippen LogP contribution in [-0.4, -0.2) is 117 Å². The van der Waals surface area contributed by atoms with Gasteiger partial charge in [0.25, 0.3) is 5.91 Å². The van der Waals surface area contributed by atoms with Gasteiger partial charge in [-0.15, -0.1) is 0 Å². The van der Waals surface area contributed by atoms with E-state index in [4.69, 9.17) is 0 Å². The molecule has 1 atom stereocenters. The Morgan fingerprint density at radius 3 is 2.11 bits per heavy atom. The highest BCUT2D eigenvalue weighted by Gasteiger charge is 2.46. The SMILES string of the molecule is CC1(C)C(c2ccc(C(=O)O)cc2)=CC[C@]2(C)CN(C(=O)c3ccccc3N3CCN(CCN4CCS(=O)(=O)CC4)CC3)CC=C12. The molecule has 3 heterocycles. The molecular weight excluding hydrogens is 600 g/mol. The van der Waals surface area contributed by atoms with Crippen molar-refractivity contribution in [3.05, 3.63) is 82.9 Å². The summed E-state index contributed by atoms with van der Waals surface area (Å²) in [6.45, 7) is 14.5. The molecule has 0 unspecified atom stereocenters. The lowest BCUT2D eigenvalue weighted by Gasteiger charge is -2.50. The largest absolute Gasteiger partial charge is 0.478 e. The Morgan fingerprint density at radius 1 is 0.826 bits per heavy atom. The maximum absolute atomic E-state index is 14.1. The number of sulfone groups is 1. The number of rotatable bonds is 7. The molecule has 2 fully saturated rings. The summed E-state index contributed by atoms with van der Waals surface area (Å²) < 4.78 is 23.5. The number of fused-ring (bicyclic) bond motifs is 1. The first-order chi connectivity index (χ1) is 21.9. The topological polar surface area (TPSA) is 101 Å². The Hall–Kier alpha value is -3.47. The van der Waals surface area contributed by atoms with Gasteiger partial charge in [0.1, 0.15) is 0 Å². The van der Waals surface area contributed by atoms with Crippen LogP contribution in [0.3, 0.4) is 0 Å². The maximum Gasteiger partial charge on any atom is 0.335 e. The molecule has 4 aliphatic rings. The van der Waals surface area contributed by atoms with Gasteiger partial charge in [0.05, 0.1) is 22.6 Å². The summed E-state index contributed by atoms with van der Waals surface area (Å²) >= 11 is 0. The molecule has 0 radical (unpaired) electrons. The van der Waals surface area contributed by atoms with E-state index in [1.807, 2.05) is 35.2 Å². The summed E-state index contributed by atoms with van der Waals surface area (Å²) in [5, 5.41) is 9.33. The Kier molecular flexibility index (Phi) is 8.91. The molecule has 9 nitrogen and oxygen atoms in total. The monoisotopic (exact) mass is 646 g/mol. The van der Waals surface area contributed by atoms with Gasteiger partial charge >= 0.3 is 5.97 Å². The van der Waals surface area contributed by atoms with Gasteiger partial charge in [-0.25, -0.2) is 13.2 Å². The number of hydrogen-bond donors (Lipinski definition) is 1. The summed E-state index contributed by atoms with van der Waals surface area (Å²) in [5.41, 5.74) is 5.13. The van der Waals surface area contributed by atoms with Crippen molar-refractivity contribution in [2.75, 3.05) is 81.9 Å². The predicted molar refractivity (Wildman–Crippen MR) is 182 cm³/mol. The third kappa shape index (κ3) is 6.52. The smallest absolute Gasteiger partial charge is 0.335 e. The van der Waals surface area contributed by atoms with Gasteiger partial charge in [0.15, 0.2) is 9.84 Å². The molecule has 2 aromatic carbocycles. The average Bonchev–Trinajstić information content (AvgIpc) is 3.04. The lowest BCUT2D eigenvalue weighted by Crippen LogP contribution is -2.51. The molecule has 246 valence electrons. The van der Waals surface area contributed by atoms with E-state index in [1.54, 1.807) is 12.1 Å². The molecule has 0 saturated carbocycles. The Morgan fingerprint density at radius 2 is 1.46 bits per heavy atom. The normalized spacial score (nSPS) is 24.9. The van der Waals surface area contributed by atoms with E-state index in [1.165, 1.54) is 11.1 Å². The molecule has 0 bridgehead atoms. The summed E-state index contributed by atoms with van der Waals surface area (Å²) in [5.74, 6) is -0.338. The van der Waals surface area contributed by atoms with E-state index in [-0.39, 0.29) is 33.8 Å². The molecule has 1 aliphatic carbocycles. The van der Waals surface area contributed by atoms with E-state index in [2.05, 4.69) is 53.7 Å². The number of carboxylic acid groups (broad SMARTS) is 1. The van der Waals surface area contributed by atoms with Gasteiger partial charge < -0.3 is 19.8 Å². The van der Waals surface area contributed by atoms with Crippen LogP contribution in [0.4, 0.5) is 5.69 Å². The molecule has 0 spiro atoms. The molecule has 3 aliphatic heterocycles. The van der Waals surface area contributed by atoms with E-state index >= 15 is 0 Å². The van der Waals surface area contributed by atoms with Gasteiger partial charge in [-0.1, -0.05) is 62.8 Å². The van der Waals surface area contributed by atoms with Crippen LogP contribution >= 0.6 is 0 Å². The first-order valence-corrected chi connectivity index (χ1v) is 18.2. The fourth-order valence-corrected chi connectivity index (χ4v) is 9.20. The van der Waals surface area contributed by atoms with E-state index in [0.29, 0.717) is 26.2 Å². The number of nitrogens with zero attached hydrogens (tertiary/aromatic N) is 4. The lowest BCUT2D eigenvalue weighted by molar-refractivity contribution is 0.0679.